The van der Waals surface area contributed by atoms with Gasteiger partial charge in [0.1, 0.15) is 18.0 Å². The second-order valence-electron chi connectivity index (χ2n) is 5.02. The van der Waals surface area contributed by atoms with Crippen LogP contribution < -0.4 is 0 Å². The number of ether oxygens (including phenoxy) is 1. The fraction of sp³-hybridized carbons (Fsp3) is 0.357. The predicted molar refractivity (Wildman–Crippen MR) is 65.4 cm³/mol. The van der Waals surface area contributed by atoms with Gasteiger partial charge in [0.25, 0.3) is 0 Å². The fourth-order valence-corrected chi connectivity index (χ4v) is 2.81. The Labute approximate surface area is 114 Å². The molecular weight excluding hydrogens is 264 g/mol. The van der Waals surface area contributed by atoms with Crippen molar-refractivity contribution in [2.24, 2.45) is 5.92 Å². The molecule has 3 atom stereocenters. The Bertz CT molecular complexity index is 620. The van der Waals surface area contributed by atoms with E-state index in [-0.39, 0.29) is 29.7 Å². The molecule has 1 aromatic carbocycles. The molecule has 3 rings (SSSR count). The second kappa shape index (κ2) is 4.42. The molecule has 6 nitrogen and oxygen atoms in total. The number of fused-ring (bicyclic) bond motifs is 1. The van der Waals surface area contributed by atoms with Gasteiger partial charge in [0.2, 0.25) is 0 Å². The highest BCUT2D eigenvalue weighted by Crippen LogP contribution is 2.36. The van der Waals surface area contributed by atoms with E-state index in [4.69, 9.17) is 4.74 Å². The molecule has 2 N–H and O–H groups in total. The summed E-state index contributed by atoms with van der Waals surface area (Å²) in [4.78, 5) is 35.6. The van der Waals surface area contributed by atoms with Gasteiger partial charge in [0.15, 0.2) is 11.6 Å². The zero-order valence-corrected chi connectivity index (χ0v) is 10.4. The quantitative estimate of drug-likeness (QED) is 0.722. The fourth-order valence-electron chi connectivity index (χ4n) is 2.81. The number of rotatable bonds is 1. The molecule has 1 heterocycles. The van der Waals surface area contributed by atoms with Crippen LogP contribution >= 0.6 is 0 Å². The van der Waals surface area contributed by atoms with Crippen LogP contribution in [0.5, 0.6) is 5.75 Å². The molecule has 0 saturated carbocycles. The van der Waals surface area contributed by atoms with Gasteiger partial charge in [-0.25, -0.2) is 0 Å². The number of aliphatic hydroxyl groups excluding tert-OH is 1. The van der Waals surface area contributed by atoms with Crippen LogP contribution in [0.1, 0.15) is 33.6 Å². The molecule has 0 amide bonds. The smallest absolute Gasteiger partial charge is 0.308 e. The zero-order valence-electron chi connectivity index (χ0n) is 10.4. The van der Waals surface area contributed by atoms with Gasteiger partial charge in [0.05, 0.1) is 17.9 Å². The summed E-state index contributed by atoms with van der Waals surface area (Å²) in [7, 11) is 0. The van der Waals surface area contributed by atoms with Crippen molar-refractivity contribution >= 4 is 17.5 Å². The lowest BCUT2D eigenvalue weighted by molar-refractivity contribution is -0.143. The lowest BCUT2D eigenvalue weighted by Crippen LogP contribution is -2.40. The summed E-state index contributed by atoms with van der Waals surface area (Å²) in [5.74, 6) is -2.49. The van der Waals surface area contributed by atoms with Crippen LogP contribution in [-0.2, 0) is 9.53 Å². The monoisotopic (exact) mass is 276 g/mol. The summed E-state index contributed by atoms with van der Waals surface area (Å²) in [5, 5.41) is 19.4. The van der Waals surface area contributed by atoms with E-state index in [1.165, 1.54) is 18.2 Å². The molecule has 1 aromatic rings. The van der Waals surface area contributed by atoms with E-state index in [1.807, 2.05) is 0 Å². The predicted octanol–water partition coefficient (Wildman–Crippen LogP) is 0.454. The lowest BCUT2D eigenvalue weighted by Gasteiger charge is -2.27. The minimum atomic E-state index is -1.08. The van der Waals surface area contributed by atoms with Crippen molar-refractivity contribution in [2.45, 2.75) is 25.0 Å². The van der Waals surface area contributed by atoms with Crippen molar-refractivity contribution in [1.29, 1.82) is 0 Å². The number of carbonyl (C=O) groups excluding carboxylic acids is 3. The van der Waals surface area contributed by atoms with Crippen molar-refractivity contribution in [3.05, 3.63) is 29.3 Å². The number of cyclic esters (lactones) is 1. The number of phenolic OH excluding ortho intramolecular Hbond substituents is 1. The molecule has 6 heteroatoms. The number of esters is 1. The van der Waals surface area contributed by atoms with Crippen molar-refractivity contribution in [1.82, 2.24) is 0 Å². The normalized spacial score (nSPS) is 29.2. The maximum Gasteiger partial charge on any atom is 0.308 e. The Hall–Kier alpha value is -2.21. The van der Waals surface area contributed by atoms with Crippen molar-refractivity contribution in [3.63, 3.8) is 0 Å². The van der Waals surface area contributed by atoms with E-state index in [1.54, 1.807) is 0 Å². The van der Waals surface area contributed by atoms with Crippen LogP contribution in [0.25, 0.3) is 0 Å². The number of phenols is 1. The van der Waals surface area contributed by atoms with E-state index in [0.717, 1.165) is 0 Å². The average molecular weight is 276 g/mol. The van der Waals surface area contributed by atoms with Crippen LogP contribution in [-0.4, -0.2) is 40.0 Å². The van der Waals surface area contributed by atoms with Gasteiger partial charge < -0.3 is 14.9 Å². The molecular formula is C14H12O6. The van der Waals surface area contributed by atoms with Gasteiger partial charge in [-0.2, -0.15) is 0 Å². The van der Waals surface area contributed by atoms with Crippen LogP contribution in [0.4, 0.5) is 0 Å². The summed E-state index contributed by atoms with van der Waals surface area (Å²) in [6, 6.07) is 4.26. The first kappa shape index (κ1) is 12.8. The molecule has 1 aliphatic carbocycles. The number of aliphatic hydroxyl groups is 1. The van der Waals surface area contributed by atoms with Gasteiger partial charge >= 0.3 is 5.97 Å². The minimum Gasteiger partial charge on any atom is -0.507 e. The largest absolute Gasteiger partial charge is 0.507 e. The van der Waals surface area contributed by atoms with Crippen LogP contribution in [0.3, 0.4) is 0 Å². The molecule has 0 aromatic heterocycles. The number of benzene rings is 1. The molecule has 2 aliphatic rings. The van der Waals surface area contributed by atoms with Crippen molar-refractivity contribution in [2.75, 3.05) is 0 Å². The van der Waals surface area contributed by atoms with E-state index < -0.39 is 35.7 Å². The second-order valence-corrected chi connectivity index (χ2v) is 5.02. The van der Waals surface area contributed by atoms with Gasteiger partial charge in [-0.3, -0.25) is 14.4 Å². The summed E-state index contributed by atoms with van der Waals surface area (Å²) < 4.78 is 4.95. The maximum atomic E-state index is 12.4. The standard InChI is InChI=1S/C14H12O6/c15-8-3-1-2-6-12(8)9(16)4-7(13(6)19)14-10(17)5-11(18)20-14/h1-3,7,10,14-15,17H,4-5H2. The third-order valence-electron chi connectivity index (χ3n) is 3.75. The summed E-state index contributed by atoms with van der Waals surface area (Å²) in [5.41, 5.74) is 0.119. The molecule has 0 spiro atoms. The molecule has 1 saturated heterocycles. The summed E-state index contributed by atoms with van der Waals surface area (Å²) in [6.07, 6.45) is -2.42. The van der Waals surface area contributed by atoms with Crippen LogP contribution in [0.15, 0.2) is 18.2 Å². The van der Waals surface area contributed by atoms with Crippen LogP contribution in [0.2, 0.25) is 0 Å². The molecule has 1 aliphatic heterocycles. The molecule has 20 heavy (non-hydrogen) atoms. The molecule has 0 bridgehead atoms. The third-order valence-corrected chi connectivity index (χ3v) is 3.75. The van der Waals surface area contributed by atoms with E-state index in [9.17, 15) is 24.6 Å². The number of carbonyl (C=O) groups is 3. The van der Waals surface area contributed by atoms with E-state index in [2.05, 4.69) is 0 Å². The molecule has 104 valence electrons. The first-order valence-electron chi connectivity index (χ1n) is 6.26. The lowest BCUT2D eigenvalue weighted by atomic mass is 9.77. The first-order valence-corrected chi connectivity index (χ1v) is 6.26. The Balaban J connectivity index is 2.00. The number of Topliss-reactive ketones (excluding diaryl/α,β-unsaturated/α-hetero) is 2. The molecule has 1 fully saturated rings. The average Bonchev–Trinajstić information content (AvgIpc) is 2.72. The Morgan fingerprint density at radius 2 is 1.90 bits per heavy atom. The first-order chi connectivity index (χ1) is 9.49. The number of ketones is 2. The minimum absolute atomic E-state index is 0.00700. The SMILES string of the molecule is O=C1CC(O)C(C2CC(=O)c3c(O)cccc3C2=O)O1. The Morgan fingerprint density at radius 3 is 2.55 bits per heavy atom. The van der Waals surface area contributed by atoms with Crippen LogP contribution in [0, 0.1) is 5.92 Å². The van der Waals surface area contributed by atoms with Gasteiger partial charge in [-0.05, 0) is 6.07 Å². The van der Waals surface area contributed by atoms with Gasteiger partial charge in [-0.15, -0.1) is 0 Å². The van der Waals surface area contributed by atoms with E-state index in [0.29, 0.717) is 0 Å². The zero-order chi connectivity index (χ0) is 14.4. The topological polar surface area (TPSA) is 101 Å². The van der Waals surface area contributed by atoms with E-state index >= 15 is 0 Å². The number of hydrogen-bond donors (Lipinski definition) is 2. The number of hydrogen-bond acceptors (Lipinski definition) is 6. The highest BCUT2D eigenvalue weighted by Gasteiger charge is 2.46. The van der Waals surface area contributed by atoms with Crippen molar-refractivity contribution in [3.8, 4) is 5.75 Å². The molecule has 3 unspecified atom stereocenters. The molecule has 0 radical (unpaired) electrons. The van der Waals surface area contributed by atoms with Crippen molar-refractivity contribution < 1.29 is 29.3 Å². The summed E-state index contributed by atoms with van der Waals surface area (Å²) >= 11 is 0. The highest BCUT2D eigenvalue weighted by atomic mass is 16.6. The third kappa shape index (κ3) is 1.80. The Kier molecular flexibility index (Phi) is 2.83. The summed E-state index contributed by atoms with van der Waals surface area (Å²) in [6.45, 7) is 0. The van der Waals surface area contributed by atoms with Gasteiger partial charge in [-0.1, -0.05) is 12.1 Å². The highest BCUT2D eigenvalue weighted by molar-refractivity contribution is 6.16. The number of aromatic hydroxyl groups is 1. The maximum absolute atomic E-state index is 12.4. The van der Waals surface area contributed by atoms with Gasteiger partial charge in [0, 0.05) is 12.0 Å². The Morgan fingerprint density at radius 1 is 1.15 bits per heavy atom.